The van der Waals surface area contributed by atoms with Gasteiger partial charge in [-0.15, -0.1) is 0 Å². The summed E-state index contributed by atoms with van der Waals surface area (Å²) in [6, 6.07) is -1.31. The Labute approximate surface area is 95.4 Å². The maximum Gasteiger partial charge on any atom is 0.471 e. The van der Waals surface area contributed by atoms with Crippen molar-refractivity contribution in [2.75, 3.05) is 6.54 Å². The summed E-state index contributed by atoms with van der Waals surface area (Å²) >= 11 is 0. The molecule has 96 valence electrons. The Morgan fingerprint density at radius 3 is 2.41 bits per heavy atom. The van der Waals surface area contributed by atoms with Gasteiger partial charge in [-0.05, 0) is 24.7 Å². The second-order valence-electron chi connectivity index (χ2n) is 4.59. The summed E-state index contributed by atoms with van der Waals surface area (Å²) in [6.07, 6.45) is -2.88. The molecule has 1 heterocycles. The van der Waals surface area contributed by atoms with Gasteiger partial charge in [-0.25, -0.2) is 4.79 Å². The van der Waals surface area contributed by atoms with Crippen molar-refractivity contribution in [3.8, 4) is 0 Å². The number of hydrogen-bond donors (Lipinski definition) is 1. The van der Waals surface area contributed by atoms with E-state index in [0.29, 0.717) is 17.7 Å². The van der Waals surface area contributed by atoms with E-state index in [4.69, 9.17) is 5.11 Å². The molecular weight excluding hydrogens is 239 g/mol. The van der Waals surface area contributed by atoms with E-state index in [1.807, 2.05) is 0 Å². The smallest absolute Gasteiger partial charge is 0.471 e. The van der Waals surface area contributed by atoms with Crippen molar-refractivity contribution in [2.24, 2.45) is 11.8 Å². The number of fused-ring (bicyclic) bond motifs is 1. The number of carboxylic acids is 1. The number of carbonyl (C=O) groups is 2. The van der Waals surface area contributed by atoms with Crippen LogP contribution in [0.15, 0.2) is 0 Å². The van der Waals surface area contributed by atoms with E-state index < -0.39 is 24.1 Å². The van der Waals surface area contributed by atoms with E-state index in [1.54, 1.807) is 0 Å². The number of amides is 1. The van der Waals surface area contributed by atoms with Gasteiger partial charge in [-0.2, -0.15) is 13.2 Å². The fraction of sp³-hybridized carbons (Fsp3) is 0.800. The maximum atomic E-state index is 12.3. The summed E-state index contributed by atoms with van der Waals surface area (Å²) in [4.78, 5) is 22.7. The molecule has 0 aromatic carbocycles. The summed E-state index contributed by atoms with van der Waals surface area (Å²) in [5, 5.41) is 8.98. The Bertz CT molecular complexity index is 355. The highest BCUT2D eigenvalue weighted by molar-refractivity contribution is 5.88. The molecule has 4 nitrogen and oxygen atoms in total. The largest absolute Gasteiger partial charge is 0.480 e. The van der Waals surface area contributed by atoms with E-state index in [0.717, 1.165) is 6.42 Å². The number of nitrogens with zero attached hydrogens (tertiary/aromatic N) is 1. The molecule has 1 N–H and O–H groups in total. The maximum absolute atomic E-state index is 12.3. The fourth-order valence-electron chi connectivity index (χ4n) is 2.99. The minimum Gasteiger partial charge on any atom is -0.480 e. The standard InChI is InChI=1S/C10H12F3NO3/c11-10(12,13)9(17)14-4-5-2-1-3-6(5)7(14)8(15)16/h5-7H,1-4H2,(H,15,16)/t5-,6-,7+/m1/s1. The molecule has 2 fully saturated rings. The van der Waals surface area contributed by atoms with Gasteiger partial charge in [0.1, 0.15) is 6.04 Å². The van der Waals surface area contributed by atoms with Gasteiger partial charge in [0.15, 0.2) is 0 Å². The molecule has 0 unspecified atom stereocenters. The molecular formula is C10H12F3NO3. The molecule has 0 aromatic heterocycles. The molecule has 1 aliphatic carbocycles. The molecule has 2 rings (SSSR count). The van der Waals surface area contributed by atoms with Gasteiger partial charge >= 0.3 is 18.1 Å². The predicted molar refractivity (Wildman–Crippen MR) is 50.0 cm³/mol. The third-order valence-electron chi connectivity index (χ3n) is 3.65. The van der Waals surface area contributed by atoms with E-state index in [-0.39, 0.29) is 18.4 Å². The van der Waals surface area contributed by atoms with Crippen LogP contribution in [0.4, 0.5) is 13.2 Å². The Hall–Kier alpha value is -1.27. The number of carboxylic acid groups (broad SMARTS) is 1. The first-order valence-corrected chi connectivity index (χ1v) is 5.43. The lowest BCUT2D eigenvalue weighted by atomic mass is 9.94. The lowest BCUT2D eigenvalue weighted by Crippen LogP contribution is -2.48. The van der Waals surface area contributed by atoms with Gasteiger partial charge in [0.05, 0.1) is 0 Å². The van der Waals surface area contributed by atoms with Crippen molar-refractivity contribution < 1.29 is 27.9 Å². The minimum atomic E-state index is -4.99. The van der Waals surface area contributed by atoms with Crippen molar-refractivity contribution in [3.63, 3.8) is 0 Å². The monoisotopic (exact) mass is 251 g/mol. The summed E-state index contributed by atoms with van der Waals surface area (Å²) in [7, 11) is 0. The van der Waals surface area contributed by atoms with Gasteiger partial charge < -0.3 is 10.0 Å². The Balaban J connectivity index is 2.23. The summed E-state index contributed by atoms with van der Waals surface area (Å²) < 4.78 is 37.0. The molecule has 0 spiro atoms. The second kappa shape index (κ2) is 3.89. The average molecular weight is 251 g/mol. The van der Waals surface area contributed by atoms with Crippen molar-refractivity contribution >= 4 is 11.9 Å². The van der Waals surface area contributed by atoms with E-state index in [1.165, 1.54) is 0 Å². The van der Waals surface area contributed by atoms with Gasteiger partial charge in [0.25, 0.3) is 0 Å². The van der Waals surface area contributed by atoms with Crippen molar-refractivity contribution in [1.82, 2.24) is 4.90 Å². The van der Waals surface area contributed by atoms with E-state index in [9.17, 15) is 22.8 Å². The highest BCUT2D eigenvalue weighted by Crippen LogP contribution is 2.43. The van der Waals surface area contributed by atoms with Crippen LogP contribution in [0.5, 0.6) is 0 Å². The third kappa shape index (κ3) is 1.98. The molecule has 1 saturated heterocycles. The molecule has 1 aliphatic heterocycles. The lowest BCUT2D eigenvalue weighted by molar-refractivity contribution is -0.188. The highest BCUT2D eigenvalue weighted by Gasteiger charge is 2.55. The summed E-state index contributed by atoms with van der Waals surface area (Å²) in [5.74, 6) is -3.78. The van der Waals surface area contributed by atoms with E-state index >= 15 is 0 Å². The first kappa shape index (κ1) is 12.2. The normalized spacial score (nSPS) is 32.6. The van der Waals surface area contributed by atoms with Crippen LogP contribution in [0.3, 0.4) is 0 Å². The molecule has 3 atom stereocenters. The summed E-state index contributed by atoms with van der Waals surface area (Å²) in [6.45, 7) is -0.0834. The lowest BCUT2D eigenvalue weighted by Gasteiger charge is -2.25. The number of aliphatic carboxylic acids is 1. The number of alkyl halides is 3. The van der Waals surface area contributed by atoms with Gasteiger partial charge in [-0.3, -0.25) is 4.79 Å². The third-order valence-corrected chi connectivity index (χ3v) is 3.65. The van der Waals surface area contributed by atoms with Gasteiger partial charge in [0, 0.05) is 6.54 Å². The summed E-state index contributed by atoms with van der Waals surface area (Å²) in [5.41, 5.74) is 0. The first-order chi connectivity index (χ1) is 7.82. The molecule has 7 heteroatoms. The minimum absolute atomic E-state index is 0.0834. The van der Waals surface area contributed by atoms with Crippen LogP contribution in [0, 0.1) is 11.8 Å². The van der Waals surface area contributed by atoms with Crippen LogP contribution in [-0.4, -0.2) is 40.6 Å². The van der Waals surface area contributed by atoms with Crippen molar-refractivity contribution in [1.29, 1.82) is 0 Å². The zero-order valence-corrected chi connectivity index (χ0v) is 8.91. The fourth-order valence-corrected chi connectivity index (χ4v) is 2.99. The Kier molecular flexibility index (Phi) is 2.79. The second-order valence-corrected chi connectivity index (χ2v) is 4.59. The molecule has 0 bridgehead atoms. The highest BCUT2D eigenvalue weighted by atomic mass is 19.4. The SMILES string of the molecule is O=C(O)[C@@H]1[C@@H]2CCC[C@@H]2CN1C(=O)C(F)(F)F. The Morgan fingerprint density at radius 1 is 1.24 bits per heavy atom. The number of carbonyl (C=O) groups excluding carboxylic acids is 1. The molecule has 1 saturated carbocycles. The molecule has 17 heavy (non-hydrogen) atoms. The zero-order chi connectivity index (χ0) is 12.8. The topological polar surface area (TPSA) is 57.6 Å². The quantitative estimate of drug-likeness (QED) is 0.763. The predicted octanol–water partition coefficient (Wildman–Crippen LogP) is 1.26. The van der Waals surface area contributed by atoms with Crippen molar-refractivity contribution in [2.45, 2.75) is 31.5 Å². The number of hydrogen-bond acceptors (Lipinski definition) is 2. The molecule has 0 radical (unpaired) electrons. The van der Waals surface area contributed by atoms with Crippen molar-refractivity contribution in [3.05, 3.63) is 0 Å². The van der Waals surface area contributed by atoms with Gasteiger partial charge in [-0.1, -0.05) is 6.42 Å². The Morgan fingerprint density at radius 2 is 1.88 bits per heavy atom. The van der Waals surface area contributed by atoms with Crippen LogP contribution in [0.1, 0.15) is 19.3 Å². The number of rotatable bonds is 1. The average Bonchev–Trinajstić information content (AvgIpc) is 2.71. The van der Waals surface area contributed by atoms with Crippen LogP contribution in [-0.2, 0) is 9.59 Å². The van der Waals surface area contributed by atoms with Gasteiger partial charge in [0.2, 0.25) is 0 Å². The molecule has 2 aliphatic rings. The number of halogens is 3. The molecule has 0 aromatic rings. The van der Waals surface area contributed by atoms with Crippen LogP contribution < -0.4 is 0 Å². The van der Waals surface area contributed by atoms with E-state index in [2.05, 4.69) is 0 Å². The van der Waals surface area contributed by atoms with Crippen LogP contribution in [0.25, 0.3) is 0 Å². The number of likely N-dealkylation sites (tertiary alicyclic amines) is 1. The zero-order valence-electron chi connectivity index (χ0n) is 8.91. The molecule has 1 amide bonds. The van der Waals surface area contributed by atoms with Crippen LogP contribution in [0.2, 0.25) is 0 Å². The first-order valence-electron chi connectivity index (χ1n) is 5.43. The van der Waals surface area contributed by atoms with Crippen LogP contribution >= 0.6 is 0 Å².